The van der Waals surface area contributed by atoms with Crippen molar-refractivity contribution in [2.24, 2.45) is 0 Å². The van der Waals surface area contributed by atoms with Gasteiger partial charge in [0, 0.05) is 17.6 Å². The van der Waals surface area contributed by atoms with Crippen LogP contribution in [0.15, 0.2) is 24.3 Å². The topological polar surface area (TPSA) is 49.8 Å². The van der Waals surface area contributed by atoms with Gasteiger partial charge in [-0.25, -0.2) is 9.97 Å². The van der Waals surface area contributed by atoms with E-state index in [1.807, 2.05) is 13.0 Å². The van der Waals surface area contributed by atoms with Gasteiger partial charge >= 0.3 is 0 Å². The molecule has 2 aromatic rings. The van der Waals surface area contributed by atoms with Crippen LogP contribution in [-0.4, -0.2) is 16.5 Å². The number of aryl methyl sites for hydroxylation is 1. The molecule has 0 aliphatic carbocycles. The van der Waals surface area contributed by atoms with Crippen molar-refractivity contribution in [3.63, 3.8) is 0 Å². The fraction of sp³-hybridized carbons (Fsp3) is 0.286. The third-order valence-corrected chi connectivity index (χ3v) is 3.15. The molecule has 0 amide bonds. The van der Waals surface area contributed by atoms with E-state index in [4.69, 9.17) is 23.2 Å². The van der Waals surface area contributed by atoms with Crippen molar-refractivity contribution in [1.29, 1.82) is 0 Å². The lowest BCUT2D eigenvalue weighted by molar-refractivity contribution is 0.955. The minimum atomic E-state index is 0.591. The molecule has 0 saturated heterocycles. The zero-order valence-corrected chi connectivity index (χ0v) is 12.9. The maximum Gasteiger partial charge on any atom is 0.136 e. The number of benzene rings is 1. The van der Waals surface area contributed by atoms with Gasteiger partial charge in [-0.05, 0) is 31.5 Å². The van der Waals surface area contributed by atoms with Gasteiger partial charge in [-0.15, -0.1) is 0 Å². The van der Waals surface area contributed by atoms with Crippen molar-refractivity contribution in [1.82, 2.24) is 9.97 Å². The van der Waals surface area contributed by atoms with Crippen LogP contribution in [0.1, 0.15) is 19.2 Å². The van der Waals surface area contributed by atoms with Crippen LogP contribution in [0.3, 0.4) is 0 Å². The highest BCUT2D eigenvalue weighted by atomic mass is 35.5. The van der Waals surface area contributed by atoms with E-state index in [-0.39, 0.29) is 0 Å². The highest BCUT2D eigenvalue weighted by Crippen LogP contribution is 2.28. The van der Waals surface area contributed by atoms with Crippen molar-refractivity contribution in [2.75, 3.05) is 17.2 Å². The van der Waals surface area contributed by atoms with Crippen LogP contribution in [0.4, 0.5) is 17.3 Å². The molecule has 0 radical (unpaired) electrons. The summed E-state index contributed by atoms with van der Waals surface area (Å²) in [5, 5.41) is 7.61. The van der Waals surface area contributed by atoms with Gasteiger partial charge in [0.1, 0.15) is 17.5 Å². The second kappa shape index (κ2) is 6.77. The first-order chi connectivity index (χ1) is 9.58. The third-order valence-electron chi connectivity index (χ3n) is 2.59. The predicted molar refractivity (Wildman–Crippen MR) is 85.3 cm³/mol. The zero-order valence-electron chi connectivity index (χ0n) is 11.4. The highest BCUT2D eigenvalue weighted by molar-refractivity contribution is 6.35. The monoisotopic (exact) mass is 310 g/mol. The lowest BCUT2D eigenvalue weighted by atomic mass is 10.3. The normalized spacial score (nSPS) is 10.4. The Kier molecular flexibility index (Phi) is 5.04. The Morgan fingerprint density at radius 2 is 1.85 bits per heavy atom. The van der Waals surface area contributed by atoms with Crippen LogP contribution in [0.5, 0.6) is 0 Å². The molecule has 1 aromatic heterocycles. The first kappa shape index (κ1) is 14.9. The SMILES string of the molecule is CCCNc1cc(Nc2cc(Cl)ccc2Cl)nc(C)n1. The standard InChI is InChI=1S/C14H16Cl2N4/c1-3-6-17-13-8-14(19-9(2)18-13)20-12-7-10(15)4-5-11(12)16/h4-5,7-8H,3,6H2,1-2H3,(H2,17,18,19,20). The molecule has 1 aromatic carbocycles. The van der Waals surface area contributed by atoms with E-state index >= 15 is 0 Å². The van der Waals surface area contributed by atoms with E-state index in [9.17, 15) is 0 Å². The number of aromatic nitrogens is 2. The van der Waals surface area contributed by atoms with Gasteiger partial charge < -0.3 is 10.6 Å². The molecule has 4 nitrogen and oxygen atoms in total. The summed E-state index contributed by atoms with van der Waals surface area (Å²) in [7, 11) is 0. The van der Waals surface area contributed by atoms with Gasteiger partial charge in [0.25, 0.3) is 0 Å². The summed E-state index contributed by atoms with van der Waals surface area (Å²) < 4.78 is 0. The summed E-state index contributed by atoms with van der Waals surface area (Å²) in [5.74, 6) is 2.16. The first-order valence-corrected chi connectivity index (χ1v) is 7.15. The van der Waals surface area contributed by atoms with Crippen LogP contribution in [0.25, 0.3) is 0 Å². The summed E-state index contributed by atoms with van der Waals surface area (Å²) in [6, 6.07) is 7.10. The summed E-state index contributed by atoms with van der Waals surface area (Å²) in [4.78, 5) is 8.68. The van der Waals surface area contributed by atoms with Crippen LogP contribution in [-0.2, 0) is 0 Å². The Morgan fingerprint density at radius 3 is 2.60 bits per heavy atom. The summed E-state index contributed by atoms with van der Waals surface area (Å²) in [6.07, 6.45) is 1.03. The zero-order chi connectivity index (χ0) is 14.5. The van der Waals surface area contributed by atoms with Crippen LogP contribution in [0, 0.1) is 6.92 Å². The first-order valence-electron chi connectivity index (χ1n) is 6.40. The maximum absolute atomic E-state index is 6.13. The second-order valence-electron chi connectivity index (χ2n) is 4.36. The Balaban J connectivity index is 2.24. The molecule has 0 atom stereocenters. The Morgan fingerprint density at radius 1 is 1.10 bits per heavy atom. The van der Waals surface area contributed by atoms with Crippen molar-refractivity contribution in [3.05, 3.63) is 40.1 Å². The van der Waals surface area contributed by atoms with Crippen molar-refractivity contribution in [2.45, 2.75) is 20.3 Å². The number of rotatable bonds is 5. The lowest BCUT2D eigenvalue weighted by Gasteiger charge is -2.11. The smallest absolute Gasteiger partial charge is 0.136 e. The molecule has 2 rings (SSSR count). The van der Waals surface area contributed by atoms with Gasteiger partial charge in [0.2, 0.25) is 0 Å². The molecule has 106 valence electrons. The lowest BCUT2D eigenvalue weighted by Crippen LogP contribution is -2.05. The van der Waals surface area contributed by atoms with E-state index in [1.165, 1.54) is 0 Å². The number of anilines is 3. The molecular formula is C14H16Cl2N4. The van der Waals surface area contributed by atoms with Crippen molar-refractivity contribution >= 4 is 40.5 Å². The molecule has 0 saturated carbocycles. The number of hydrogen-bond acceptors (Lipinski definition) is 4. The summed E-state index contributed by atoms with van der Waals surface area (Å²) >= 11 is 12.1. The van der Waals surface area contributed by atoms with Gasteiger partial charge in [-0.2, -0.15) is 0 Å². The van der Waals surface area contributed by atoms with Crippen LogP contribution in [0.2, 0.25) is 10.0 Å². The Hall–Kier alpha value is -1.52. The molecule has 2 N–H and O–H groups in total. The maximum atomic E-state index is 6.13. The van der Waals surface area contributed by atoms with E-state index in [1.54, 1.807) is 18.2 Å². The van der Waals surface area contributed by atoms with E-state index in [0.717, 1.165) is 24.5 Å². The molecule has 0 bridgehead atoms. The van der Waals surface area contributed by atoms with Gasteiger partial charge in [-0.3, -0.25) is 0 Å². The summed E-state index contributed by atoms with van der Waals surface area (Å²) in [5.41, 5.74) is 0.721. The molecule has 1 heterocycles. The number of nitrogens with zero attached hydrogens (tertiary/aromatic N) is 2. The summed E-state index contributed by atoms with van der Waals surface area (Å²) in [6.45, 7) is 4.82. The van der Waals surface area contributed by atoms with Gasteiger partial charge in [0.15, 0.2) is 0 Å². The minimum absolute atomic E-state index is 0.591. The average Bonchev–Trinajstić information content (AvgIpc) is 2.40. The second-order valence-corrected chi connectivity index (χ2v) is 5.21. The average molecular weight is 311 g/mol. The Bertz CT molecular complexity index is 602. The number of nitrogens with one attached hydrogen (secondary N) is 2. The van der Waals surface area contributed by atoms with Crippen LogP contribution < -0.4 is 10.6 Å². The fourth-order valence-electron chi connectivity index (χ4n) is 1.71. The molecule has 0 fully saturated rings. The van der Waals surface area contributed by atoms with Crippen LogP contribution >= 0.6 is 23.2 Å². The van der Waals surface area contributed by atoms with Crippen molar-refractivity contribution < 1.29 is 0 Å². The molecule has 0 aliphatic rings. The quantitative estimate of drug-likeness (QED) is 0.843. The molecule has 20 heavy (non-hydrogen) atoms. The predicted octanol–water partition coefficient (Wildman–Crippen LogP) is 4.66. The number of halogens is 2. The Labute approximate surface area is 128 Å². The van der Waals surface area contributed by atoms with Gasteiger partial charge in [-0.1, -0.05) is 30.1 Å². The minimum Gasteiger partial charge on any atom is -0.370 e. The van der Waals surface area contributed by atoms with E-state index < -0.39 is 0 Å². The molecule has 0 aliphatic heterocycles. The van der Waals surface area contributed by atoms with E-state index in [0.29, 0.717) is 21.7 Å². The van der Waals surface area contributed by atoms with Crippen molar-refractivity contribution in [3.8, 4) is 0 Å². The molecule has 0 unspecified atom stereocenters. The van der Waals surface area contributed by atoms with Gasteiger partial charge in [0.05, 0.1) is 10.7 Å². The largest absolute Gasteiger partial charge is 0.370 e. The molecule has 0 spiro atoms. The fourth-order valence-corrected chi connectivity index (χ4v) is 2.04. The molecular weight excluding hydrogens is 295 g/mol. The van der Waals surface area contributed by atoms with E-state index in [2.05, 4.69) is 27.5 Å². The highest BCUT2D eigenvalue weighted by Gasteiger charge is 2.05. The third kappa shape index (κ3) is 3.99. The number of hydrogen-bond donors (Lipinski definition) is 2. The molecule has 6 heteroatoms.